The molecule has 4 heteroatoms. The molecule has 2 rings (SSSR count). The van der Waals surface area contributed by atoms with Crippen LogP contribution in [-0.2, 0) is 14.3 Å². The summed E-state index contributed by atoms with van der Waals surface area (Å²) >= 11 is 0. The predicted octanol–water partition coefficient (Wildman–Crippen LogP) is 1.34. The lowest BCUT2D eigenvalue weighted by atomic mass is 10.0. The van der Waals surface area contributed by atoms with E-state index in [0.717, 1.165) is 32.2 Å². The van der Waals surface area contributed by atoms with Crippen molar-refractivity contribution in [3.63, 3.8) is 0 Å². The van der Waals surface area contributed by atoms with Gasteiger partial charge in [0.25, 0.3) is 0 Å². The Morgan fingerprint density at radius 3 is 2.81 bits per heavy atom. The Morgan fingerprint density at radius 1 is 1.38 bits per heavy atom. The van der Waals surface area contributed by atoms with Gasteiger partial charge in [-0.3, -0.25) is 4.79 Å². The van der Waals surface area contributed by atoms with E-state index in [0.29, 0.717) is 13.0 Å². The molecule has 0 radical (unpaired) electrons. The lowest BCUT2D eigenvalue weighted by Crippen LogP contribution is -2.40. The van der Waals surface area contributed by atoms with Gasteiger partial charge in [-0.15, -0.1) is 0 Å². The number of hydrogen-bond donors (Lipinski definition) is 0. The maximum Gasteiger partial charge on any atom is 0.328 e. The number of amides is 1. The molecule has 2 aliphatic rings. The van der Waals surface area contributed by atoms with Crippen LogP contribution in [0.4, 0.5) is 0 Å². The van der Waals surface area contributed by atoms with Crippen molar-refractivity contribution in [2.24, 2.45) is 5.92 Å². The van der Waals surface area contributed by atoms with Crippen LogP contribution in [0.5, 0.6) is 0 Å². The molecule has 90 valence electrons. The Hall–Kier alpha value is -1.06. The Morgan fingerprint density at radius 2 is 2.19 bits per heavy atom. The maximum atomic E-state index is 12.1. The van der Waals surface area contributed by atoms with Crippen LogP contribution in [0.1, 0.15) is 39.0 Å². The molecule has 0 aromatic carbocycles. The summed E-state index contributed by atoms with van der Waals surface area (Å²) in [6.07, 6.45) is 4.76. The molecule has 2 atom stereocenters. The molecule has 2 aliphatic heterocycles. The number of rotatable bonds is 4. The average molecular weight is 225 g/mol. The van der Waals surface area contributed by atoms with Crippen LogP contribution in [0.3, 0.4) is 0 Å². The summed E-state index contributed by atoms with van der Waals surface area (Å²) in [5.74, 6) is 0.0927. The van der Waals surface area contributed by atoms with E-state index >= 15 is 0 Å². The van der Waals surface area contributed by atoms with Gasteiger partial charge in [-0.1, -0.05) is 19.8 Å². The van der Waals surface area contributed by atoms with Gasteiger partial charge in [0.05, 0.1) is 6.61 Å². The fourth-order valence-corrected chi connectivity index (χ4v) is 2.56. The second kappa shape index (κ2) is 4.85. The normalized spacial score (nSPS) is 29.9. The van der Waals surface area contributed by atoms with Gasteiger partial charge < -0.3 is 9.64 Å². The van der Waals surface area contributed by atoms with E-state index in [9.17, 15) is 9.59 Å². The molecular weight excluding hydrogens is 206 g/mol. The van der Waals surface area contributed by atoms with Crippen molar-refractivity contribution in [2.75, 3.05) is 13.2 Å². The van der Waals surface area contributed by atoms with Gasteiger partial charge >= 0.3 is 5.97 Å². The summed E-state index contributed by atoms with van der Waals surface area (Å²) in [6.45, 7) is 3.32. The van der Waals surface area contributed by atoms with Gasteiger partial charge in [0.1, 0.15) is 6.04 Å². The van der Waals surface area contributed by atoms with Gasteiger partial charge in [0, 0.05) is 18.9 Å². The largest absolute Gasteiger partial charge is 0.464 e. The summed E-state index contributed by atoms with van der Waals surface area (Å²) in [5, 5.41) is 0. The molecule has 0 aliphatic carbocycles. The van der Waals surface area contributed by atoms with Crippen molar-refractivity contribution in [1.82, 2.24) is 4.90 Å². The zero-order valence-electron chi connectivity index (χ0n) is 9.78. The molecule has 0 aromatic heterocycles. The summed E-state index contributed by atoms with van der Waals surface area (Å²) in [6, 6.07) is -0.292. The number of ether oxygens (including phenoxy) is 1. The monoisotopic (exact) mass is 225 g/mol. The zero-order chi connectivity index (χ0) is 11.5. The summed E-state index contributed by atoms with van der Waals surface area (Å²) in [5.41, 5.74) is 0. The number of carbonyl (C=O) groups is 2. The Bertz CT molecular complexity index is 290. The standard InChI is InChI=1S/C12H19NO3/c1-2-3-4-9-5-7-13(11(9)14)10-6-8-16-12(10)15/h9-10H,2-8H2,1H3. The molecule has 0 aromatic rings. The van der Waals surface area contributed by atoms with Crippen molar-refractivity contribution in [3.8, 4) is 0 Å². The van der Waals surface area contributed by atoms with Crippen molar-refractivity contribution in [2.45, 2.75) is 45.1 Å². The van der Waals surface area contributed by atoms with Crippen molar-refractivity contribution in [3.05, 3.63) is 0 Å². The molecule has 16 heavy (non-hydrogen) atoms. The first kappa shape index (κ1) is 11.4. The van der Waals surface area contributed by atoms with E-state index in [1.54, 1.807) is 4.90 Å². The van der Waals surface area contributed by atoms with Crippen molar-refractivity contribution >= 4 is 11.9 Å². The van der Waals surface area contributed by atoms with E-state index in [1.165, 1.54) is 0 Å². The van der Waals surface area contributed by atoms with Crippen LogP contribution in [0.15, 0.2) is 0 Å². The molecular formula is C12H19NO3. The molecule has 2 unspecified atom stereocenters. The van der Waals surface area contributed by atoms with Gasteiger partial charge in [-0.2, -0.15) is 0 Å². The van der Waals surface area contributed by atoms with Crippen molar-refractivity contribution in [1.29, 1.82) is 0 Å². The zero-order valence-corrected chi connectivity index (χ0v) is 9.78. The first-order valence-electron chi connectivity index (χ1n) is 6.21. The maximum absolute atomic E-state index is 12.1. The fraction of sp³-hybridized carbons (Fsp3) is 0.833. The van der Waals surface area contributed by atoms with E-state index in [4.69, 9.17) is 4.74 Å². The minimum absolute atomic E-state index is 0.147. The third-order valence-electron chi connectivity index (χ3n) is 3.54. The van der Waals surface area contributed by atoms with Crippen LogP contribution in [-0.4, -0.2) is 36.0 Å². The van der Waals surface area contributed by atoms with Crippen LogP contribution < -0.4 is 0 Å². The molecule has 0 bridgehead atoms. The molecule has 2 saturated heterocycles. The minimum atomic E-state index is -0.292. The molecule has 0 N–H and O–H groups in total. The number of unbranched alkanes of at least 4 members (excludes halogenated alkanes) is 1. The number of esters is 1. The summed E-state index contributed by atoms with van der Waals surface area (Å²) < 4.78 is 4.91. The lowest BCUT2D eigenvalue weighted by molar-refractivity contribution is -0.147. The first-order chi connectivity index (χ1) is 7.74. The third kappa shape index (κ3) is 2.06. The number of carbonyl (C=O) groups excluding carboxylic acids is 2. The molecule has 0 saturated carbocycles. The van der Waals surface area contributed by atoms with Crippen LogP contribution in [0.25, 0.3) is 0 Å². The highest BCUT2D eigenvalue weighted by Gasteiger charge is 2.41. The van der Waals surface area contributed by atoms with E-state index < -0.39 is 0 Å². The van der Waals surface area contributed by atoms with Crippen LogP contribution in [0.2, 0.25) is 0 Å². The number of nitrogens with zero attached hydrogens (tertiary/aromatic N) is 1. The summed E-state index contributed by atoms with van der Waals surface area (Å²) in [7, 11) is 0. The second-order valence-corrected chi connectivity index (χ2v) is 4.63. The highest BCUT2D eigenvalue weighted by molar-refractivity contribution is 5.88. The average Bonchev–Trinajstić information content (AvgIpc) is 2.83. The Kier molecular flexibility index (Phi) is 3.46. The lowest BCUT2D eigenvalue weighted by Gasteiger charge is -2.20. The molecule has 2 fully saturated rings. The Balaban J connectivity index is 1.93. The predicted molar refractivity (Wildman–Crippen MR) is 58.7 cm³/mol. The van der Waals surface area contributed by atoms with Crippen LogP contribution >= 0.6 is 0 Å². The van der Waals surface area contributed by atoms with Gasteiger partial charge in [0.15, 0.2) is 0 Å². The topological polar surface area (TPSA) is 46.6 Å². The van der Waals surface area contributed by atoms with Gasteiger partial charge in [-0.25, -0.2) is 4.79 Å². The van der Waals surface area contributed by atoms with E-state index in [2.05, 4.69) is 6.92 Å². The van der Waals surface area contributed by atoms with Gasteiger partial charge in [-0.05, 0) is 12.8 Å². The molecule has 0 spiro atoms. The molecule has 1 amide bonds. The first-order valence-corrected chi connectivity index (χ1v) is 6.21. The highest BCUT2D eigenvalue weighted by Crippen LogP contribution is 2.27. The van der Waals surface area contributed by atoms with E-state index in [-0.39, 0.29) is 23.8 Å². The smallest absolute Gasteiger partial charge is 0.328 e. The quantitative estimate of drug-likeness (QED) is 0.678. The second-order valence-electron chi connectivity index (χ2n) is 4.63. The highest BCUT2D eigenvalue weighted by atomic mass is 16.5. The Labute approximate surface area is 95.9 Å². The molecule has 4 nitrogen and oxygen atoms in total. The minimum Gasteiger partial charge on any atom is -0.464 e. The summed E-state index contributed by atoms with van der Waals surface area (Å²) in [4.78, 5) is 25.2. The molecule has 2 heterocycles. The third-order valence-corrected chi connectivity index (χ3v) is 3.54. The van der Waals surface area contributed by atoms with Crippen LogP contribution in [0, 0.1) is 5.92 Å². The number of cyclic esters (lactones) is 1. The van der Waals surface area contributed by atoms with E-state index in [1.807, 2.05) is 0 Å². The number of hydrogen-bond acceptors (Lipinski definition) is 3. The van der Waals surface area contributed by atoms with Gasteiger partial charge in [0.2, 0.25) is 5.91 Å². The fourth-order valence-electron chi connectivity index (χ4n) is 2.56. The number of likely N-dealkylation sites (tertiary alicyclic amines) is 1. The van der Waals surface area contributed by atoms with Crippen molar-refractivity contribution < 1.29 is 14.3 Å². The SMILES string of the molecule is CCCCC1CCN(C2CCOC2=O)C1=O.